The predicted molar refractivity (Wildman–Crippen MR) is 159 cm³/mol. The quantitative estimate of drug-likeness (QED) is 0.469. The SMILES string of the molecule is COCC12CN(S(=O)(=O)C3=Cc4ccc(Cl)cc4OC3)CC(=O)N1CC1(CCN(c3ccncc3)CC1)O2.CS(=O)(=O)O. The van der Waals surface area contributed by atoms with Gasteiger partial charge >= 0.3 is 0 Å². The molecule has 1 aromatic heterocycles. The summed E-state index contributed by atoms with van der Waals surface area (Å²) in [4.78, 5) is 21.6. The van der Waals surface area contributed by atoms with Crippen LogP contribution >= 0.6 is 11.6 Å². The van der Waals surface area contributed by atoms with Crippen molar-refractivity contribution in [2.45, 2.75) is 24.2 Å². The Bertz CT molecular complexity index is 1610. The van der Waals surface area contributed by atoms with Gasteiger partial charge < -0.3 is 24.0 Å². The molecule has 2 aromatic rings. The Kier molecular flexibility index (Phi) is 8.79. The number of pyridine rings is 1. The third kappa shape index (κ3) is 6.82. The number of sulfonamides is 1. The second-order valence-electron chi connectivity index (χ2n) is 10.9. The fourth-order valence-corrected chi connectivity index (χ4v) is 7.52. The standard InChI is InChI=1S/C26H29ClN4O6S.CH4O3S/c1-35-18-26-17-30(38(33,34)22-12-19-2-3-20(27)13-23(19)36-15-22)14-24(32)31(26)16-25(37-26)6-10-29(11-7-25)21-4-8-28-9-5-21;1-5(2,3)4/h2-5,8-9,12-13H,6-7,10-11,14-18H2,1H3;1H3,(H,2,3,4). The van der Waals surface area contributed by atoms with E-state index < -0.39 is 31.5 Å². The second-order valence-corrected chi connectivity index (χ2v) is 14.8. The molecule has 5 heterocycles. The zero-order chi connectivity index (χ0) is 31.0. The molecule has 1 aromatic carbocycles. The monoisotopic (exact) mass is 656 g/mol. The molecule has 0 aliphatic carbocycles. The normalized spacial score (nSPS) is 23.5. The van der Waals surface area contributed by atoms with Crippen molar-refractivity contribution in [2.75, 3.05) is 64.2 Å². The first kappa shape index (κ1) is 31.6. The van der Waals surface area contributed by atoms with Crippen LogP contribution in [0, 0.1) is 0 Å². The summed E-state index contributed by atoms with van der Waals surface area (Å²) in [5.74, 6) is 0.224. The van der Waals surface area contributed by atoms with Gasteiger partial charge in [-0.15, -0.1) is 0 Å². The van der Waals surface area contributed by atoms with Gasteiger partial charge in [-0.2, -0.15) is 12.7 Å². The molecular formula is C27H33ClN4O9S2. The molecule has 4 aliphatic heterocycles. The highest BCUT2D eigenvalue weighted by Crippen LogP contribution is 2.44. The van der Waals surface area contributed by atoms with E-state index in [0.29, 0.717) is 42.0 Å². The predicted octanol–water partition coefficient (Wildman–Crippen LogP) is 1.86. The Morgan fingerprint density at radius 3 is 2.42 bits per heavy atom. The van der Waals surface area contributed by atoms with E-state index in [4.69, 9.17) is 30.4 Å². The van der Waals surface area contributed by atoms with Crippen LogP contribution in [0.4, 0.5) is 5.69 Å². The van der Waals surface area contributed by atoms with Gasteiger partial charge in [-0.05, 0) is 49.2 Å². The van der Waals surface area contributed by atoms with Crippen molar-refractivity contribution < 1.29 is 40.4 Å². The zero-order valence-corrected chi connectivity index (χ0v) is 26.1. The number of piperazine rings is 1. The molecule has 1 spiro atoms. The number of carbonyl (C=O) groups is 1. The number of piperidine rings is 1. The van der Waals surface area contributed by atoms with E-state index in [0.717, 1.165) is 18.8 Å². The van der Waals surface area contributed by atoms with Gasteiger partial charge in [-0.25, -0.2) is 8.42 Å². The summed E-state index contributed by atoms with van der Waals surface area (Å²) in [6.45, 7) is 1.56. The third-order valence-corrected chi connectivity index (χ3v) is 9.86. The van der Waals surface area contributed by atoms with Gasteiger partial charge in [0.1, 0.15) is 12.4 Å². The first-order valence-electron chi connectivity index (χ1n) is 13.4. The second kappa shape index (κ2) is 12.0. The molecular weight excluding hydrogens is 624 g/mol. The van der Waals surface area contributed by atoms with Crippen molar-refractivity contribution in [3.63, 3.8) is 0 Å². The van der Waals surface area contributed by atoms with E-state index in [9.17, 15) is 21.6 Å². The van der Waals surface area contributed by atoms with E-state index in [1.807, 2.05) is 12.1 Å². The van der Waals surface area contributed by atoms with Crippen molar-refractivity contribution in [3.8, 4) is 5.75 Å². The smallest absolute Gasteiger partial charge is 0.261 e. The largest absolute Gasteiger partial charge is 0.487 e. The van der Waals surface area contributed by atoms with Crippen molar-refractivity contribution in [3.05, 3.63) is 58.2 Å². The number of nitrogens with zero attached hydrogens (tertiary/aromatic N) is 4. The average molecular weight is 657 g/mol. The van der Waals surface area contributed by atoms with E-state index >= 15 is 0 Å². The Morgan fingerprint density at radius 2 is 1.77 bits per heavy atom. The Hall–Kier alpha value is -2.79. The van der Waals surface area contributed by atoms with Crippen LogP contribution in [0.3, 0.4) is 0 Å². The number of rotatable bonds is 5. The van der Waals surface area contributed by atoms with E-state index in [1.54, 1.807) is 41.6 Å². The molecule has 1 atom stereocenters. The van der Waals surface area contributed by atoms with Gasteiger partial charge in [0.05, 0.1) is 43.0 Å². The number of hydrogen-bond donors (Lipinski definition) is 1. The molecule has 43 heavy (non-hydrogen) atoms. The molecule has 0 saturated carbocycles. The number of fused-ring (bicyclic) bond motifs is 2. The molecule has 1 unspecified atom stereocenters. The number of ether oxygens (including phenoxy) is 3. The van der Waals surface area contributed by atoms with Crippen LogP contribution in [0.25, 0.3) is 6.08 Å². The number of anilines is 1. The summed E-state index contributed by atoms with van der Waals surface area (Å²) >= 11 is 6.04. The highest BCUT2D eigenvalue weighted by molar-refractivity contribution is 7.93. The lowest BCUT2D eigenvalue weighted by molar-refractivity contribution is -0.194. The van der Waals surface area contributed by atoms with Gasteiger partial charge in [-0.1, -0.05) is 11.6 Å². The number of amides is 1. The lowest BCUT2D eigenvalue weighted by Crippen LogP contribution is -2.65. The number of carbonyl (C=O) groups excluding carboxylic acids is 1. The summed E-state index contributed by atoms with van der Waals surface area (Å²) in [7, 11) is -6.15. The molecule has 13 nitrogen and oxygen atoms in total. The van der Waals surface area contributed by atoms with Crippen LogP contribution in [-0.2, 0) is 34.4 Å². The molecule has 1 N–H and O–H groups in total. The minimum Gasteiger partial charge on any atom is -0.487 e. The van der Waals surface area contributed by atoms with Gasteiger partial charge in [-0.3, -0.25) is 14.3 Å². The van der Waals surface area contributed by atoms with E-state index in [1.165, 1.54) is 11.4 Å². The molecule has 3 saturated heterocycles. The van der Waals surface area contributed by atoms with Gasteiger partial charge in [0.15, 0.2) is 5.72 Å². The number of aromatic nitrogens is 1. The molecule has 234 valence electrons. The van der Waals surface area contributed by atoms with Gasteiger partial charge in [0.25, 0.3) is 10.1 Å². The fourth-order valence-electron chi connectivity index (χ4n) is 5.89. The molecule has 0 radical (unpaired) electrons. The maximum Gasteiger partial charge on any atom is 0.261 e. The van der Waals surface area contributed by atoms with E-state index in [-0.39, 0.29) is 37.1 Å². The summed E-state index contributed by atoms with van der Waals surface area (Å²) in [5, 5.41) is 0.505. The number of hydrogen-bond acceptors (Lipinski definition) is 10. The van der Waals surface area contributed by atoms with Crippen LogP contribution in [0.1, 0.15) is 18.4 Å². The highest BCUT2D eigenvalue weighted by atomic mass is 35.5. The summed E-state index contributed by atoms with van der Waals surface area (Å²) in [6.07, 6.45) is 7.25. The van der Waals surface area contributed by atoms with E-state index in [2.05, 4.69) is 9.88 Å². The van der Waals surface area contributed by atoms with Crippen molar-refractivity contribution in [2.24, 2.45) is 0 Å². The van der Waals surface area contributed by atoms with Crippen LogP contribution < -0.4 is 9.64 Å². The van der Waals surface area contributed by atoms with Crippen molar-refractivity contribution in [1.82, 2.24) is 14.2 Å². The first-order valence-corrected chi connectivity index (χ1v) is 17.1. The lowest BCUT2D eigenvalue weighted by Gasteiger charge is -2.45. The summed E-state index contributed by atoms with van der Waals surface area (Å²) in [5.41, 5.74) is -0.0504. The molecule has 4 aliphatic rings. The zero-order valence-electron chi connectivity index (χ0n) is 23.7. The van der Waals surface area contributed by atoms with Crippen LogP contribution in [-0.4, -0.2) is 112 Å². The molecule has 3 fully saturated rings. The van der Waals surface area contributed by atoms with Gasteiger partial charge in [0.2, 0.25) is 15.9 Å². The minimum absolute atomic E-state index is 0.0183. The summed E-state index contributed by atoms with van der Waals surface area (Å²) in [6, 6.07) is 9.00. The lowest BCUT2D eigenvalue weighted by atomic mass is 9.91. The molecule has 0 bridgehead atoms. The summed E-state index contributed by atoms with van der Waals surface area (Å²) < 4.78 is 72.5. The third-order valence-electron chi connectivity index (χ3n) is 7.79. The maximum absolute atomic E-state index is 13.7. The van der Waals surface area contributed by atoms with Crippen LogP contribution in [0.5, 0.6) is 5.75 Å². The maximum atomic E-state index is 13.7. The number of benzene rings is 1. The first-order chi connectivity index (χ1) is 20.2. The highest BCUT2D eigenvalue weighted by Gasteiger charge is 2.61. The average Bonchev–Trinajstić information content (AvgIpc) is 3.27. The minimum atomic E-state index is -4.01. The number of halogens is 1. The van der Waals surface area contributed by atoms with Crippen molar-refractivity contribution >= 4 is 49.4 Å². The molecule has 16 heteroatoms. The van der Waals surface area contributed by atoms with Crippen molar-refractivity contribution in [1.29, 1.82) is 0 Å². The topological polar surface area (TPSA) is 156 Å². The van der Waals surface area contributed by atoms with Crippen LogP contribution in [0.2, 0.25) is 5.02 Å². The molecule has 1 amide bonds. The van der Waals surface area contributed by atoms with Gasteiger partial charge in [0, 0.05) is 48.9 Å². The Morgan fingerprint density at radius 1 is 1.09 bits per heavy atom. The number of methoxy groups -OCH3 is 1. The molecule has 6 rings (SSSR count). The Balaban J connectivity index is 0.000000682. The fraction of sp³-hybridized carbons (Fsp3) is 0.481. The Labute approximate surface area is 255 Å². The van der Waals surface area contributed by atoms with Crippen LogP contribution in [0.15, 0.2) is 47.6 Å².